The van der Waals surface area contributed by atoms with E-state index < -0.39 is 6.09 Å². The third-order valence-electron chi connectivity index (χ3n) is 2.10. The number of ether oxygens (including phenoxy) is 1. The molecule has 1 unspecified atom stereocenters. The summed E-state index contributed by atoms with van der Waals surface area (Å²) in [6.07, 6.45) is 2.93. The molecular formula is C10H21N3O3. The molecule has 4 N–H and O–H groups in total. The Kier molecular flexibility index (Phi) is 9.64. The van der Waals surface area contributed by atoms with Crippen LogP contribution in [0.2, 0.25) is 0 Å². The molecule has 0 aliphatic rings. The molecule has 94 valence electrons. The quantitative estimate of drug-likeness (QED) is 0.372. The third-order valence-corrected chi connectivity index (χ3v) is 2.10. The van der Waals surface area contributed by atoms with Crippen LogP contribution in [0, 0.1) is 0 Å². The van der Waals surface area contributed by atoms with Gasteiger partial charge in [0.05, 0.1) is 6.04 Å². The van der Waals surface area contributed by atoms with Gasteiger partial charge in [0.1, 0.15) is 12.9 Å². The van der Waals surface area contributed by atoms with Gasteiger partial charge >= 0.3 is 6.09 Å². The standard InChI is InChI=1S/C10H21N3O3/c1-12-9(8-14)4-2-3-6-13-10(15)16-7-5-11/h8-9,12H,2-7,11H2,1H3,(H,13,15). The Labute approximate surface area is 95.9 Å². The number of alkyl carbamates (subject to hydrolysis) is 1. The molecule has 0 aromatic heterocycles. The fourth-order valence-electron chi connectivity index (χ4n) is 1.16. The van der Waals surface area contributed by atoms with Crippen LogP contribution in [-0.2, 0) is 9.53 Å². The maximum atomic E-state index is 11.0. The zero-order valence-corrected chi connectivity index (χ0v) is 9.70. The molecule has 1 atom stereocenters. The van der Waals surface area contributed by atoms with E-state index in [2.05, 4.69) is 10.6 Å². The number of likely N-dealkylation sites (N-methyl/N-ethyl adjacent to an activating group) is 1. The van der Waals surface area contributed by atoms with Gasteiger partial charge in [-0.1, -0.05) is 0 Å². The van der Waals surface area contributed by atoms with Crippen molar-refractivity contribution in [3.63, 3.8) is 0 Å². The second kappa shape index (κ2) is 10.4. The second-order valence-electron chi connectivity index (χ2n) is 3.38. The van der Waals surface area contributed by atoms with Gasteiger partial charge in [-0.05, 0) is 26.3 Å². The van der Waals surface area contributed by atoms with E-state index in [-0.39, 0.29) is 12.6 Å². The smallest absolute Gasteiger partial charge is 0.407 e. The Hall–Kier alpha value is -1.14. The number of amides is 1. The van der Waals surface area contributed by atoms with E-state index in [1.807, 2.05) is 0 Å². The summed E-state index contributed by atoms with van der Waals surface area (Å²) in [7, 11) is 1.75. The topological polar surface area (TPSA) is 93.5 Å². The number of hydrogen-bond acceptors (Lipinski definition) is 5. The van der Waals surface area contributed by atoms with Crippen LogP contribution in [0.5, 0.6) is 0 Å². The summed E-state index contributed by atoms with van der Waals surface area (Å²) < 4.78 is 4.72. The van der Waals surface area contributed by atoms with Crippen LogP contribution in [0.25, 0.3) is 0 Å². The van der Waals surface area contributed by atoms with Crippen molar-refractivity contribution in [2.24, 2.45) is 5.73 Å². The average molecular weight is 231 g/mol. The van der Waals surface area contributed by atoms with E-state index in [4.69, 9.17) is 10.5 Å². The molecule has 6 nitrogen and oxygen atoms in total. The van der Waals surface area contributed by atoms with Gasteiger partial charge in [0, 0.05) is 13.1 Å². The van der Waals surface area contributed by atoms with Crippen LogP contribution in [0.1, 0.15) is 19.3 Å². The Balaban J connectivity index is 3.32. The van der Waals surface area contributed by atoms with Crippen molar-refractivity contribution in [2.45, 2.75) is 25.3 Å². The van der Waals surface area contributed by atoms with Gasteiger partial charge < -0.3 is 25.9 Å². The lowest BCUT2D eigenvalue weighted by Gasteiger charge is -2.08. The number of aldehydes is 1. The van der Waals surface area contributed by atoms with Crippen molar-refractivity contribution < 1.29 is 14.3 Å². The van der Waals surface area contributed by atoms with Crippen LogP contribution < -0.4 is 16.4 Å². The lowest BCUT2D eigenvalue weighted by Crippen LogP contribution is -2.28. The molecule has 0 rings (SSSR count). The van der Waals surface area contributed by atoms with E-state index in [1.165, 1.54) is 0 Å². The van der Waals surface area contributed by atoms with Crippen molar-refractivity contribution in [3.05, 3.63) is 0 Å². The number of unbranched alkanes of at least 4 members (excludes halogenated alkanes) is 1. The summed E-state index contributed by atoms with van der Waals surface area (Å²) in [6.45, 7) is 1.12. The van der Waals surface area contributed by atoms with Gasteiger partial charge in [-0.2, -0.15) is 0 Å². The number of nitrogens with two attached hydrogens (primary N) is 1. The first-order valence-corrected chi connectivity index (χ1v) is 5.47. The Morgan fingerprint density at radius 1 is 1.50 bits per heavy atom. The largest absolute Gasteiger partial charge is 0.448 e. The first kappa shape index (κ1) is 14.9. The van der Waals surface area contributed by atoms with Crippen molar-refractivity contribution in [2.75, 3.05) is 26.7 Å². The summed E-state index contributed by atoms with van der Waals surface area (Å²) in [5.74, 6) is 0. The third kappa shape index (κ3) is 8.19. The maximum Gasteiger partial charge on any atom is 0.407 e. The summed E-state index contributed by atoms with van der Waals surface area (Å²) >= 11 is 0. The lowest BCUT2D eigenvalue weighted by molar-refractivity contribution is -0.109. The number of carbonyl (C=O) groups is 2. The summed E-state index contributed by atoms with van der Waals surface area (Å²) in [4.78, 5) is 21.4. The van der Waals surface area contributed by atoms with E-state index in [0.29, 0.717) is 13.1 Å². The second-order valence-corrected chi connectivity index (χ2v) is 3.38. The number of hydrogen-bond donors (Lipinski definition) is 3. The van der Waals surface area contributed by atoms with E-state index >= 15 is 0 Å². The van der Waals surface area contributed by atoms with E-state index in [9.17, 15) is 9.59 Å². The first-order chi connectivity index (χ1) is 7.74. The number of rotatable bonds is 9. The minimum Gasteiger partial charge on any atom is -0.448 e. The zero-order chi connectivity index (χ0) is 12.2. The lowest BCUT2D eigenvalue weighted by atomic mass is 10.1. The average Bonchev–Trinajstić information content (AvgIpc) is 2.31. The Bertz CT molecular complexity index is 200. The van der Waals surface area contributed by atoms with Crippen molar-refractivity contribution in [1.29, 1.82) is 0 Å². The van der Waals surface area contributed by atoms with Crippen molar-refractivity contribution in [3.8, 4) is 0 Å². The molecule has 16 heavy (non-hydrogen) atoms. The van der Waals surface area contributed by atoms with Crippen LogP contribution >= 0.6 is 0 Å². The molecule has 0 aromatic carbocycles. The fraction of sp³-hybridized carbons (Fsp3) is 0.800. The molecule has 0 spiro atoms. The van der Waals surface area contributed by atoms with Crippen LogP contribution in [0.4, 0.5) is 4.79 Å². The molecule has 6 heteroatoms. The molecule has 0 radical (unpaired) electrons. The van der Waals surface area contributed by atoms with Gasteiger partial charge in [0.15, 0.2) is 0 Å². The highest BCUT2D eigenvalue weighted by atomic mass is 16.5. The molecule has 0 heterocycles. The summed E-state index contributed by atoms with van der Waals surface area (Å²) in [6, 6.07) is -0.0933. The molecule has 0 saturated heterocycles. The summed E-state index contributed by atoms with van der Waals surface area (Å²) in [5, 5.41) is 5.49. The monoisotopic (exact) mass is 231 g/mol. The predicted octanol–water partition coefficient (Wildman–Crippen LogP) is -0.371. The van der Waals surface area contributed by atoms with Crippen molar-refractivity contribution in [1.82, 2.24) is 10.6 Å². The highest BCUT2D eigenvalue weighted by Gasteiger charge is 2.03. The van der Waals surface area contributed by atoms with Crippen molar-refractivity contribution >= 4 is 12.4 Å². The highest BCUT2D eigenvalue weighted by Crippen LogP contribution is 1.97. The highest BCUT2D eigenvalue weighted by molar-refractivity contribution is 5.66. The SMILES string of the molecule is CNC(C=O)CCCCNC(=O)OCCN. The first-order valence-electron chi connectivity index (χ1n) is 5.47. The van der Waals surface area contributed by atoms with Gasteiger partial charge in [-0.25, -0.2) is 4.79 Å². The molecule has 0 aliphatic heterocycles. The normalized spacial score (nSPS) is 11.9. The number of carbonyl (C=O) groups excluding carboxylic acids is 2. The van der Waals surface area contributed by atoms with E-state index in [1.54, 1.807) is 7.05 Å². The molecule has 0 fully saturated rings. The molecule has 0 saturated carbocycles. The maximum absolute atomic E-state index is 11.0. The van der Waals surface area contributed by atoms with Crippen LogP contribution in [0.3, 0.4) is 0 Å². The van der Waals surface area contributed by atoms with Gasteiger partial charge in [0.25, 0.3) is 0 Å². The molecule has 0 aromatic rings. The van der Waals surface area contributed by atoms with Crippen LogP contribution in [-0.4, -0.2) is 45.2 Å². The minimum atomic E-state index is -0.439. The van der Waals surface area contributed by atoms with Gasteiger partial charge in [-0.3, -0.25) is 0 Å². The predicted molar refractivity (Wildman–Crippen MR) is 61.2 cm³/mol. The van der Waals surface area contributed by atoms with Crippen LogP contribution in [0.15, 0.2) is 0 Å². The summed E-state index contributed by atoms with van der Waals surface area (Å²) in [5.41, 5.74) is 5.17. The zero-order valence-electron chi connectivity index (χ0n) is 9.70. The fourth-order valence-corrected chi connectivity index (χ4v) is 1.16. The van der Waals surface area contributed by atoms with Gasteiger partial charge in [0.2, 0.25) is 0 Å². The number of nitrogens with one attached hydrogen (secondary N) is 2. The molecular weight excluding hydrogens is 210 g/mol. The molecule has 0 bridgehead atoms. The van der Waals surface area contributed by atoms with E-state index in [0.717, 1.165) is 25.5 Å². The minimum absolute atomic E-state index is 0.0933. The Morgan fingerprint density at radius 2 is 2.25 bits per heavy atom. The molecule has 0 aliphatic carbocycles. The molecule has 1 amide bonds. The Morgan fingerprint density at radius 3 is 2.81 bits per heavy atom. The van der Waals surface area contributed by atoms with Gasteiger partial charge in [-0.15, -0.1) is 0 Å².